The Bertz CT molecular complexity index is 3290. The second-order valence-corrected chi connectivity index (χ2v) is 29.1. The molecule has 95 heavy (non-hydrogen) atoms. The molecule has 0 unspecified atom stereocenters. The van der Waals surface area contributed by atoms with Gasteiger partial charge in [0.25, 0.3) is 0 Å². The molecule has 5 aliphatic rings. The summed E-state index contributed by atoms with van der Waals surface area (Å²) in [6.45, 7) is 3.88. The number of aliphatic hydroxyl groups is 1. The molecular weight excluding hydrogens is 1310 g/mol. The number of nitrogens with one attached hydrogen (secondary N) is 11. The highest BCUT2D eigenvalue weighted by atomic mass is 33.1. The Kier molecular flexibility index (Phi) is 26.9. The number of imidazole rings is 1. The van der Waals surface area contributed by atoms with Crippen LogP contribution in [0.2, 0.25) is 0 Å². The summed E-state index contributed by atoms with van der Waals surface area (Å²) in [5.41, 5.74) is 7.44. The third-order valence-electron chi connectivity index (χ3n) is 17.4. The van der Waals surface area contributed by atoms with Gasteiger partial charge in [0.2, 0.25) is 70.9 Å². The normalized spacial score (nSPS) is 28.6. The van der Waals surface area contributed by atoms with Gasteiger partial charge in [0.05, 0.1) is 19.5 Å². The largest absolute Gasteiger partial charge is 0.480 e. The van der Waals surface area contributed by atoms with Crippen molar-refractivity contribution in [2.75, 3.05) is 55.8 Å². The van der Waals surface area contributed by atoms with Gasteiger partial charge in [-0.05, 0) is 62.5 Å². The Morgan fingerprint density at radius 2 is 1.18 bits per heavy atom. The zero-order valence-corrected chi connectivity index (χ0v) is 56.2. The summed E-state index contributed by atoms with van der Waals surface area (Å²) in [4.78, 5) is 202. The van der Waals surface area contributed by atoms with Gasteiger partial charge in [0, 0.05) is 84.5 Å². The molecule has 0 radical (unpaired) electrons. The number of hydrogen-bond donors (Lipinski definition) is 14. The fraction of sp³-hybridized carbons (Fsp3) is 0.600. The van der Waals surface area contributed by atoms with Crippen LogP contribution in [0, 0.1) is 5.92 Å². The Hall–Kier alpha value is -7.60. The number of fused-ring (bicyclic) bond motifs is 12. The van der Waals surface area contributed by atoms with Gasteiger partial charge in [-0.2, -0.15) is 0 Å². The molecule has 0 aliphatic carbocycles. The highest BCUT2D eigenvalue weighted by Crippen LogP contribution is 2.30. The van der Waals surface area contributed by atoms with Crippen LogP contribution in [0.5, 0.6) is 0 Å². The molecule has 0 saturated carbocycles. The van der Waals surface area contributed by atoms with Gasteiger partial charge < -0.3 is 88.5 Å². The lowest BCUT2D eigenvalue weighted by molar-refractivity contribution is -0.148. The maximum absolute atomic E-state index is 15.1. The lowest BCUT2D eigenvalue weighted by Crippen LogP contribution is -2.62. The van der Waals surface area contributed by atoms with E-state index in [1.165, 1.54) is 27.2 Å². The second-order valence-electron chi connectivity index (χ2n) is 24.0. The molecule has 0 spiro atoms. The average Bonchev–Trinajstić information content (AvgIpc) is 1.77. The molecule has 2 aromatic heterocycles. The molecule has 31 nitrogen and oxygen atoms in total. The molecule has 15 N–H and O–H groups in total. The maximum Gasteiger partial charge on any atom is 0.327 e. The number of benzene rings is 1. The van der Waals surface area contributed by atoms with Gasteiger partial charge in [-0.3, -0.25) is 57.5 Å². The van der Waals surface area contributed by atoms with E-state index in [1.807, 2.05) is 18.2 Å². The van der Waals surface area contributed by atoms with Crippen molar-refractivity contribution in [2.24, 2.45) is 11.7 Å². The first kappa shape index (κ1) is 73.2. The summed E-state index contributed by atoms with van der Waals surface area (Å²) in [5.74, 6) is -13.1. The minimum atomic E-state index is -1.78. The zero-order valence-electron chi connectivity index (χ0n) is 52.9. The van der Waals surface area contributed by atoms with Crippen LogP contribution >= 0.6 is 43.2 Å². The van der Waals surface area contributed by atoms with E-state index in [2.05, 4.69) is 62.8 Å². The molecular formula is C60H84N16O15S4. The van der Waals surface area contributed by atoms with Gasteiger partial charge in [-0.25, -0.2) is 9.78 Å². The molecule has 5 aliphatic heterocycles. The van der Waals surface area contributed by atoms with Gasteiger partial charge in [-0.1, -0.05) is 95.0 Å². The minimum Gasteiger partial charge on any atom is -0.480 e. The summed E-state index contributed by atoms with van der Waals surface area (Å²) in [7, 11) is 3.68. The molecule has 518 valence electrons. The number of carbonyl (C=O) groups excluding carboxylic acids is 12. The van der Waals surface area contributed by atoms with Crippen LogP contribution in [-0.4, -0.2) is 245 Å². The number of nitrogens with zero attached hydrogens (tertiary/aromatic N) is 4. The monoisotopic (exact) mass is 1400 g/mol. The maximum atomic E-state index is 15.1. The van der Waals surface area contributed by atoms with Crippen molar-refractivity contribution >= 4 is 131 Å². The molecule has 2 bridgehead atoms. The number of aromatic nitrogens is 3. The van der Waals surface area contributed by atoms with E-state index in [4.69, 9.17) is 5.73 Å². The number of carboxylic acid groups (broad SMARTS) is 1. The lowest BCUT2D eigenvalue weighted by Gasteiger charge is -2.33. The smallest absolute Gasteiger partial charge is 0.327 e. The van der Waals surface area contributed by atoms with Crippen molar-refractivity contribution in [1.82, 2.24) is 77.5 Å². The molecule has 3 aromatic rings. The third-order valence-corrected chi connectivity index (χ3v) is 22.3. The number of para-hydroxylation sites is 1. The number of rotatable bonds is 12. The second kappa shape index (κ2) is 34.9. The summed E-state index contributed by atoms with van der Waals surface area (Å²) >= 11 is 0. The molecule has 5 saturated heterocycles. The Morgan fingerprint density at radius 3 is 1.81 bits per heavy atom. The number of aliphatic hydroxyl groups excluding tert-OH is 1. The predicted molar refractivity (Wildman–Crippen MR) is 354 cm³/mol. The first-order valence-corrected chi connectivity index (χ1v) is 36.8. The van der Waals surface area contributed by atoms with Crippen LogP contribution in [0.15, 0.2) is 43.0 Å². The number of carboxylic acids is 1. The zero-order chi connectivity index (χ0) is 68.5. The molecule has 8 rings (SSSR count). The highest BCUT2D eigenvalue weighted by molar-refractivity contribution is 8.77. The number of aliphatic carboxylic acids is 1. The summed E-state index contributed by atoms with van der Waals surface area (Å²) in [6.07, 6.45) is 6.42. The van der Waals surface area contributed by atoms with Crippen molar-refractivity contribution in [1.29, 1.82) is 0 Å². The predicted octanol–water partition coefficient (Wildman–Crippen LogP) is -2.32. The van der Waals surface area contributed by atoms with E-state index < -0.39 is 168 Å². The first-order valence-electron chi connectivity index (χ1n) is 31.8. The van der Waals surface area contributed by atoms with Crippen LogP contribution in [0.3, 0.4) is 0 Å². The van der Waals surface area contributed by atoms with Gasteiger partial charge in [-0.15, -0.1) is 0 Å². The lowest BCUT2D eigenvalue weighted by atomic mass is 9.96. The number of aromatic amines is 2. The van der Waals surface area contributed by atoms with E-state index in [-0.39, 0.29) is 81.2 Å². The van der Waals surface area contributed by atoms with Gasteiger partial charge in [0.15, 0.2) is 0 Å². The molecule has 35 heteroatoms. The molecule has 12 amide bonds. The van der Waals surface area contributed by atoms with Crippen LogP contribution < -0.4 is 53.6 Å². The summed E-state index contributed by atoms with van der Waals surface area (Å²) in [6, 6.07) is -9.59. The number of amides is 12. The Morgan fingerprint density at radius 1 is 0.621 bits per heavy atom. The quantitative estimate of drug-likeness (QED) is 0.0847. The number of carbonyl (C=O) groups is 13. The van der Waals surface area contributed by atoms with Gasteiger partial charge in [0.1, 0.15) is 72.5 Å². The van der Waals surface area contributed by atoms with E-state index in [0.29, 0.717) is 43.4 Å². The van der Waals surface area contributed by atoms with Gasteiger partial charge >= 0.3 is 5.97 Å². The topological polar surface area (TPSA) is 451 Å². The average molecular weight is 1400 g/mol. The first-order chi connectivity index (χ1) is 45.6. The molecule has 5 fully saturated rings. The fourth-order valence-electron chi connectivity index (χ4n) is 12.1. The summed E-state index contributed by atoms with van der Waals surface area (Å²) in [5, 5.41) is 46.0. The van der Waals surface area contributed by atoms with Crippen molar-refractivity contribution in [2.45, 2.75) is 164 Å². The molecule has 7 heterocycles. The van der Waals surface area contributed by atoms with Crippen molar-refractivity contribution < 1.29 is 72.5 Å². The standard InChI is InChI=1S/C60H84N16O15S4/c1-4-11-36-57(87)74-17-8-14-44(74)55(85)72-43(60(90)91)29-95-94-27-41-52(82)69-39(25-77)50(80)68-38(21-33-24-62-30-64-33)58(88)76-19-10-16-46(76)59(89)75-18-9-15-45(75)54(84)71-42(28-93-92-26-40(51(81)70-41)65-47(78)22-61)53(83)73-48(31(3)5-2)56(86)67-37(49(79)66-36)20-32-23-63-35-13-7-6-12-34(32)35/h6-7,12-13,23-24,30-31,36-46,48,63,77H,4-5,8-11,14-22,25-29,61H2,1-3H3,(H,62,64)(H,65,78)(H,66,79)(H,67,86)(H,68,80)(H,69,82)(H,70,81)(H,71,84)(H,72,85)(H,73,83)(H,90,91)/t31-,36+,37+,38+,39+,40+,41+,42+,43+,44+,45+,46+,48+/m1/s1. The molecule has 1 aromatic carbocycles. The molecule has 13 atom stereocenters. The van der Waals surface area contributed by atoms with Crippen molar-refractivity contribution in [3.05, 3.63) is 54.2 Å². The number of nitrogens with two attached hydrogens (primary N) is 1. The van der Waals surface area contributed by atoms with E-state index in [1.54, 1.807) is 33.0 Å². The van der Waals surface area contributed by atoms with Crippen molar-refractivity contribution in [3.63, 3.8) is 0 Å². The van der Waals surface area contributed by atoms with Crippen molar-refractivity contribution in [3.8, 4) is 0 Å². The minimum absolute atomic E-state index is 0.0630. The van der Waals surface area contributed by atoms with Crippen LogP contribution in [0.4, 0.5) is 0 Å². The van der Waals surface area contributed by atoms with E-state index in [9.17, 15) is 63.0 Å². The van der Waals surface area contributed by atoms with E-state index in [0.717, 1.165) is 54.1 Å². The van der Waals surface area contributed by atoms with Crippen LogP contribution in [0.25, 0.3) is 10.9 Å². The highest BCUT2D eigenvalue weighted by Gasteiger charge is 2.46. The number of hydrogen-bond acceptors (Lipinski definition) is 20. The Balaban J connectivity index is 1.20. The fourth-order valence-corrected chi connectivity index (χ4v) is 16.7. The van der Waals surface area contributed by atoms with E-state index >= 15 is 9.59 Å². The third kappa shape index (κ3) is 18.9. The summed E-state index contributed by atoms with van der Waals surface area (Å²) < 4.78 is 0. The Labute approximate surface area is 563 Å². The van der Waals surface area contributed by atoms with Crippen LogP contribution in [0.1, 0.15) is 89.8 Å². The SMILES string of the molecule is CCC[C@@H]1NC(=O)[C@H](Cc2c[nH]c3ccccc23)NC(=O)[C@H]([C@H](C)CC)NC(=O)[C@@H]2CSSC[C@H](NC(=O)CN)C(=O)N[C@@H](CSSC[C@@H](C(=O)O)NC(=O)[C@@H]3CCCN3C1=O)C(=O)N[C@@H](CO)C(=O)N[C@@H](Cc1cnc[nH]1)C(=O)N1CCC[C@H]1C(=O)N1CCC[C@H]1C(=O)N2. The van der Waals surface area contributed by atoms with Crippen LogP contribution in [-0.2, 0) is 75.2 Å². The number of H-pyrrole nitrogens is 2.